The van der Waals surface area contributed by atoms with Gasteiger partial charge >= 0.3 is 5.97 Å². The Hall–Kier alpha value is -1.62. The van der Waals surface area contributed by atoms with E-state index < -0.39 is 5.41 Å². The average molecular weight is 287 g/mol. The Morgan fingerprint density at radius 3 is 2.33 bits per heavy atom. The van der Waals surface area contributed by atoms with E-state index in [2.05, 4.69) is 0 Å². The number of benzene rings is 1. The summed E-state index contributed by atoms with van der Waals surface area (Å²) in [5.74, 6) is 0.141. The van der Waals surface area contributed by atoms with Gasteiger partial charge in [-0.05, 0) is 30.4 Å². The molecule has 0 aromatic heterocycles. The fourth-order valence-electron chi connectivity index (χ4n) is 2.56. The Kier molecular flexibility index (Phi) is 5.73. The molecule has 21 heavy (non-hydrogen) atoms. The molecule has 0 aliphatic rings. The number of hydrogen-bond acceptors (Lipinski definition) is 4. The number of carbonyl (C=O) groups excluding carboxylic acids is 2. The summed E-state index contributed by atoms with van der Waals surface area (Å²) in [5, 5.41) is 0. The van der Waals surface area contributed by atoms with Gasteiger partial charge in [0.25, 0.3) is 0 Å². The molecule has 0 spiro atoms. The van der Waals surface area contributed by atoms with E-state index in [1.54, 1.807) is 0 Å². The van der Waals surface area contributed by atoms with Crippen LogP contribution in [0.3, 0.4) is 0 Å². The van der Waals surface area contributed by atoms with Crippen LogP contribution in [0.2, 0.25) is 0 Å². The molecule has 1 aromatic rings. The maximum absolute atomic E-state index is 11.8. The lowest BCUT2D eigenvalue weighted by Crippen LogP contribution is -2.25. The second-order valence-electron chi connectivity index (χ2n) is 5.94. The number of esters is 1. The first-order valence-corrected chi connectivity index (χ1v) is 6.98. The van der Waals surface area contributed by atoms with Gasteiger partial charge < -0.3 is 15.3 Å². The Bertz CT molecular complexity index is 553. The van der Waals surface area contributed by atoms with Crippen molar-refractivity contribution in [1.29, 1.82) is 0 Å². The Labute approximate surface area is 127 Å². The summed E-state index contributed by atoms with van der Waals surface area (Å²) < 4.78 is 5.49. The van der Waals surface area contributed by atoms with Gasteiger partial charge in [-0.1, -0.05) is 26.0 Å². The van der Waals surface area contributed by atoms with Crippen LogP contribution in [0, 0.1) is 13.8 Å². The van der Waals surface area contributed by atoms with Crippen molar-refractivity contribution in [2.24, 2.45) is 5.73 Å². The summed E-state index contributed by atoms with van der Waals surface area (Å²) >= 11 is 0. The zero-order chi connectivity index (χ0) is 16.2. The van der Waals surface area contributed by atoms with E-state index >= 15 is 0 Å². The van der Waals surface area contributed by atoms with Gasteiger partial charge in [0, 0.05) is 18.5 Å². The van der Waals surface area contributed by atoms with Gasteiger partial charge in [0.15, 0.2) is 7.85 Å². The molecule has 0 atom stereocenters. The van der Waals surface area contributed by atoms with Crippen molar-refractivity contribution < 1.29 is 14.3 Å². The normalized spacial score (nSPS) is 11.3. The molecule has 1 aromatic carbocycles. The van der Waals surface area contributed by atoms with E-state index in [1.165, 1.54) is 0 Å². The summed E-state index contributed by atoms with van der Waals surface area (Å²) in [7, 11) is 5.34. The second kappa shape index (κ2) is 6.90. The van der Waals surface area contributed by atoms with Crippen molar-refractivity contribution in [3.63, 3.8) is 0 Å². The maximum atomic E-state index is 11.8. The number of aryl methyl sites for hydroxylation is 2. The molecule has 112 valence electrons. The van der Waals surface area contributed by atoms with Crippen LogP contribution in [-0.4, -0.2) is 26.0 Å². The van der Waals surface area contributed by atoms with Crippen LogP contribution in [0.25, 0.3) is 0 Å². The summed E-state index contributed by atoms with van der Waals surface area (Å²) in [6.07, 6.45) is 0.335. The molecular formula is C16H22BNO3. The highest BCUT2D eigenvalue weighted by atomic mass is 16.5. The molecule has 0 amide bonds. The van der Waals surface area contributed by atoms with E-state index in [-0.39, 0.29) is 31.0 Å². The Morgan fingerprint density at radius 2 is 1.81 bits per heavy atom. The van der Waals surface area contributed by atoms with Crippen molar-refractivity contribution in [2.75, 3.05) is 6.54 Å². The van der Waals surface area contributed by atoms with Gasteiger partial charge in [-0.3, -0.25) is 4.79 Å². The monoisotopic (exact) mass is 287 g/mol. The molecule has 0 saturated heterocycles. The standard InChI is InChI=1S/C16H22BNO3/c1-10-5-6-11(2)15(21-13(20)7-8-18)14(10)16(3,4)9-12(17)19/h5-6H,7-9,18H2,1-4H3. The van der Waals surface area contributed by atoms with Crippen molar-refractivity contribution in [2.45, 2.75) is 46.0 Å². The molecule has 2 radical (unpaired) electrons. The molecule has 0 heterocycles. The Balaban J connectivity index is 3.32. The average Bonchev–Trinajstić information content (AvgIpc) is 2.32. The number of carbonyl (C=O) groups is 2. The summed E-state index contributed by atoms with van der Waals surface area (Å²) in [6, 6.07) is 3.85. The van der Waals surface area contributed by atoms with Crippen LogP contribution in [0.1, 0.15) is 43.4 Å². The van der Waals surface area contributed by atoms with Gasteiger partial charge in [-0.15, -0.1) is 0 Å². The number of rotatable bonds is 6. The molecule has 4 nitrogen and oxygen atoms in total. The van der Waals surface area contributed by atoms with Gasteiger partial charge in [-0.2, -0.15) is 0 Å². The molecule has 0 saturated carbocycles. The number of ether oxygens (including phenoxy) is 1. The third-order valence-electron chi connectivity index (χ3n) is 3.42. The summed E-state index contributed by atoms with van der Waals surface area (Å²) in [5.41, 5.74) is 7.12. The first kappa shape index (κ1) is 17.4. The minimum atomic E-state index is -0.514. The lowest BCUT2D eigenvalue weighted by Gasteiger charge is -2.29. The highest BCUT2D eigenvalue weighted by molar-refractivity contribution is 6.57. The van der Waals surface area contributed by atoms with Gasteiger partial charge in [0.1, 0.15) is 5.75 Å². The predicted octanol–water partition coefficient (Wildman–Crippen LogP) is 1.92. The first-order chi connectivity index (χ1) is 9.69. The molecule has 2 N–H and O–H groups in total. The molecule has 0 aliphatic carbocycles. The molecule has 0 unspecified atom stereocenters. The summed E-state index contributed by atoms with van der Waals surface area (Å²) in [4.78, 5) is 23.1. The molecule has 0 bridgehead atoms. The third-order valence-corrected chi connectivity index (χ3v) is 3.42. The molecule has 5 heteroatoms. The molecule has 1 rings (SSSR count). The smallest absolute Gasteiger partial charge is 0.312 e. The number of nitrogens with two attached hydrogens (primary N) is 1. The quantitative estimate of drug-likeness (QED) is 0.493. The van der Waals surface area contributed by atoms with Crippen LogP contribution in [0.5, 0.6) is 5.75 Å². The second-order valence-corrected chi connectivity index (χ2v) is 5.94. The minimum Gasteiger partial charge on any atom is -0.426 e. The molecular weight excluding hydrogens is 265 g/mol. The van der Waals surface area contributed by atoms with E-state index in [9.17, 15) is 9.59 Å². The SMILES string of the molecule is [B]C(=O)CC(C)(C)c1c(C)ccc(C)c1OC(=O)CCN. The summed E-state index contributed by atoms with van der Waals surface area (Å²) in [6.45, 7) is 7.87. The van der Waals surface area contributed by atoms with Crippen molar-refractivity contribution in [3.8, 4) is 5.75 Å². The first-order valence-electron chi connectivity index (χ1n) is 6.98. The van der Waals surface area contributed by atoms with Crippen molar-refractivity contribution in [1.82, 2.24) is 0 Å². The molecule has 0 aliphatic heterocycles. The van der Waals surface area contributed by atoms with Gasteiger partial charge in [-0.25, -0.2) is 0 Å². The zero-order valence-corrected chi connectivity index (χ0v) is 13.2. The fraction of sp³-hybridized carbons (Fsp3) is 0.500. The topological polar surface area (TPSA) is 69.4 Å². The van der Waals surface area contributed by atoms with Crippen LogP contribution in [0.15, 0.2) is 12.1 Å². The van der Waals surface area contributed by atoms with E-state index in [0.29, 0.717) is 5.75 Å². The predicted molar refractivity (Wildman–Crippen MR) is 83.6 cm³/mol. The minimum absolute atomic E-state index is 0.156. The third kappa shape index (κ3) is 4.43. The highest BCUT2D eigenvalue weighted by Crippen LogP contribution is 2.39. The lowest BCUT2D eigenvalue weighted by molar-refractivity contribution is -0.134. The van der Waals surface area contributed by atoms with E-state index in [4.69, 9.17) is 18.3 Å². The Morgan fingerprint density at radius 1 is 1.24 bits per heavy atom. The maximum Gasteiger partial charge on any atom is 0.312 e. The van der Waals surface area contributed by atoms with E-state index in [1.807, 2.05) is 39.8 Å². The van der Waals surface area contributed by atoms with Crippen LogP contribution in [0.4, 0.5) is 0 Å². The number of hydrogen-bond donors (Lipinski definition) is 1. The largest absolute Gasteiger partial charge is 0.426 e. The lowest BCUT2D eigenvalue weighted by atomic mass is 9.74. The molecule has 0 fully saturated rings. The van der Waals surface area contributed by atoms with Crippen LogP contribution < -0.4 is 10.5 Å². The fourth-order valence-corrected chi connectivity index (χ4v) is 2.56. The van der Waals surface area contributed by atoms with E-state index in [0.717, 1.165) is 16.7 Å². The zero-order valence-electron chi connectivity index (χ0n) is 13.2. The van der Waals surface area contributed by atoms with Gasteiger partial charge in [0.2, 0.25) is 0 Å². The van der Waals surface area contributed by atoms with Crippen molar-refractivity contribution in [3.05, 3.63) is 28.8 Å². The van der Waals surface area contributed by atoms with Gasteiger partial charge in [0.05, 0.1) is 12.1 Å². The van der Waals surface area contributed by atoms with Crippen LogP contribution in [-0.2, 0) is 15.0 Å². The van der Waals surface area contributed by atoms with Crippen molar-refractivity contribution >= 4 is 19.5 Å². The highest BCUT2D eigenvalue weighted by Gasteiger charge is 2.29. The van der Waals surface area contributed by atoms with Crippen LogP contribution >= 0.6 is 0 Å².